The topological polar surface area (TPSA) is 76.3 Å². The molecule has 0 atom stereocenters. The molecule has 0 fully saturated rings. The van der Waals surface area contributed by atoms with Crippen LogP contribution in [0.5, 0.6) is 0 Å². The fourth-order valence-corrected chi connectivity index (χ4v) is 1.99. The maximum absolute atomic E-state index is 12.5. The zero-order valence-corrected chi connectivity index (χ0v) is 13.1. The molecule has 6 nitrogen and oxygen atoms in total. The van der Waals surface area contributed by atoms with Crippen LogP contribution in [0.3, 0.4) is 0 Å². The van der Waals surface area contributed by atoms with E-state index in [2.05, 4.69) is 14.7 Å². The summed E-state index contributed by atoms with van der Waals surface area (Å²) in [6.07, 6.45) is -4.80. The van der Waals surface area contributed by atoms with Gasteiger partial charge in [-0.05, 0) is 24.1 Å². The lowest BCUT2D eigenvalue weighted by atomic mass is 10.00. The van der Waals surface area contributed by atoms with Gasteiger partial charge in [0.25, 0.3) is 5.91 Å². The molecule has 9 heteroatoms. The van der Waals surface area contributed by atoms with Crippen LogP contribution in [0.15, 0.2) is 22.7 Å². The van der Waals surface area contributed by atoms with Crippen LogP contribution in [-0.4, -0.2) is 40.8 Å². The van der Waals surface area contributed by atoms with Crippen LogP contribution in [0.25, 0.3) is 11.4 Å². The molecule has 0 aliphatic heterocycles. The lowest BCUT2D eigenvalue weighted by Crippen LogP contribution is -2.31. The van der Waals surface area contributed by atoms with Gasteiger partial charge in [0.2, 0.25) is 11.6 Å². The number of carbonyl (C=O) groups is 2. The SMILES string of the molecule is Cc1cc(-c2noc(C(F)(F)F)n2)ccc1CC(=O)C(=O)N(C)C. The first-order chi connectivity index (χ1) is 11.1. The fourth-order valence-electron chi connectivity index (χ4n) is 1.99. The van der Waals surface area contributed by atoms with E-state index in [1.54, 1.807) is 13.0 Å². The van der Waals surface area contributed by atoms with Crippen LogP contribution < -0.4 is 0 Å². The molecule has 0 unspecified atom stereocenters. The number of carbonyl (C=O) groups excluding carboxylic acids is 2. The van der Waals surface area contributed by atoms with Crippen molar-refractivity contribution in [2.75, 3.05) is 14.1 Å². The molecular formula is C15H14F3N3O3. The number of hydrogen-bond acceptors (Lipinski definition) is 5. The Morgan fingerprint density at radius 2 is 1.92 bits per heavy atom. The number of rotatable bonds is 4. The van der Waals surface area contributed by atoms with Crippen molar-refractivity contribution in [3.63, 3.8) is 0 Å². The number of amides is 1. The lowest BCUT2D eigenvalue weighted by molar-refractivity contribution is -0.159. The summed E-state index contributed by atoms with van der Waals surface area (Å²) in [5.41, 5.74) is 1.55. The summed E-state index contributed by atoms with van der Waals surface area (Å²) in [7, 11) is 2.95. The van der Waals surface area contributed by atoms with E-state index in [1.165, 1.54) is 31.1 Å². The van der Waals surface area contributed by atoms with Gasteiger partial charge in [0.05, 0.1) is 0 Å². The molecule has 128 valence electrons. The Morgan fingerprint density at radius 3 is 2.42 bits per heavy atom. The number of aromatic nitrogens is 2. The third-order valence-electron chi connectivity index (χ3n) is 3.27. The Labute approximate surface area is 135 Å². The van der Waals surface area contributed by atoms with Crippen molar-refractivity contribution < 1.29 is 27.3 Å². The van der Waals surface area contributed by atoms with Crippen molar-refractivity contribution in [3.05, 3.63) is 35.2 Å². The third kappa shape index (κ3) is 3.79. The number of nitrogens with zero attached hydrogens (tertiary/aromatic N) is 3. The summed E-state index contributed by atoms with van der Waals surface area (Å²) in [5, 5.41) is 3.30. The number of hydrogen-bond donors (Lipinski definition) is 0. The quantitative estimate of drug-likeness (QED) is 0.798. The van der Waals surface area contributed by atoms with Crippen molar-refractivity contribution in [2.45, 2.75) is 19.5 Å². The summed E-state index contributed by atoms with van der Waals surface area (Å²) in [6.45, 7) is 1.68. The van der Waals surface area contributed by atoms with Crippen molar-refractivity contribution in [1.29, 1.82) is 0 Å². The van der Waals surface area contributed by atoms with E-state index in [0.29, 0.717) is 16.7 Å². The molecule has 0 bridgehead atoms. The Kier molecular flexibility index (Phi) is 4.72. The third-order valence-corrected chi connectivity index (χ3v) is 3.27. The van der Waals surface area contributed by atoms with Gasteiger partial charge in [-0.2, -0.15) is 18.2 Å². The molecule has 2 rings (SSSR count). The summed E-state index contributed by atoms with van der Waals surface area (Å²) >= 11 is 0. The predicted molar refractivity (Wildman–Crippen MR) is 76.9 cm³/mol. The number of halogens is 3. The van der Waals surface area contributed by atoms with Gasteiger partial charge in [0, 0.05) is 26.1 Å². The summed E-state index contributed by atoms with van der Waals surface area (Å²) in [4.78, 5) is 27.9. The first-order valence-corrected chi connectivity index (χ1v) is 6.85. The highest BCUT2D eigenvalue weighted by atomic mass is 19.4. The molecule has 24 heavy (non-hydrogen) atoms. The standard InChI is InChI=1S/C15H14F3N3O3/c1-8-6-10(12-19-14(24-20-12)15(16,17)18)5-4-9(8)7-11(22)13(23)21(2)3/h4-6H,7H2,1-3H3. The van der Waals surface area contributed by atoms with E-state index in [1.807, 2.05) is 0 Å². The number of Topliss-reactive ketones (excluding diaryl/α,β-unsaturated/α-hetero) is 1. The lowest BCUT2D eigenvalue weighted by Gasteiger charge is -2.10. The molecule has 0 aliphatic rings. The minimum atomic E-state index is -4.71. The molecule has 1 aromatic heterocycles. The summed E-state index contributed by atoms with van der Waals surface area (Å²) in [5.74, 6) is -2.82. The number of benzene rings is 1. The zero-order chi connectivity index (χ0) is 18.1. The minimum Gasteiger partial charge on any atom is -0.342 e. The molecule has 0 N–H and O–H groups in total. The molecule has 1 heterocycles. The maximum Gasteiger partial charge on any atom is 0.471 e. The van der Waals surface area contributed by atoms with Crippen molar-refractivity contribution in [3.8, 4) is 11.4 Å². The van der Waals surface area contributed by atoms with Crippen LogP contribution in [0.1, 0.15) is 17.0 Å². The predicted octanol–water partition coefficient (Wildman–Crippen LogP) is 2.26. The second kappa shape index (κ2) is 6.42. The van der Waals surface area contributed by atoms with E-state index in [9.17, 15) is 22.8 Å². The number of ketones is 1. The highest BCUT2D eigenvalue weighted by Crippen LogP contribution is 2.29. The molecule has 0 spiro atoms. The number of aryl methyl sites for hydroxylation is 1. The van der Waals surface area contributed by atoms with Gasteiger partial charge in [0.15, 0.2) is 0 Å². The number of alkyl halides is 3. The second-order valence-electron chi connectivity index (χ2n) is 5.36. The van der Waals surface area contributed by atoms with Crippen molar-refractivity contribution in [1.82, 2.24) is 15.0 Å². The van der Waals surface area contributed by atoms with Crippen LogP contribution >= 0.6 is 0 Å². The van der Waals surface area contributed by atoms with Crippen LogP contribution in [0.4, 0.5) is 13.2 Å². The van der Waals surface area contributed by atoms with Gasteiger partial charge in [-0.25, -0.2) is 0 Å². The first kappa shape index (κ1) is 17.6. The monoisotopic (exact) mass is 341 g/mol. The van der Waals surface area contributed by atoms with Gasteiger partial charge in [-0.3, -0.25) is 9.59 Å². The summed E-state index contributed by atoms with van der Waals surface area (Å²) in [6, 6.07) is 4.56. The molecular weight excluding hydrogens is 327 g/mol. The van der Waals surface area contributed by atoms with Gasteiger partial charge in [-0.1, -0.05) is 17.3 Å². The average molecular weight is 341 g/mol. The zero-order valence-electron chi connectivity index (χ0n) is 13.1. The first-order valence-electron chi connectivity index (χ1n) is 6.85. The van der Waals surface area contributed by atoms with Crippen molar-refractivity contribution in [2.24, 2.45) is 0 Å². The highest BCUT2D eigenvalue weighted by molar-refractivity contribution is 6.36. The summed E-state index contributed by atoms with van der Waals surface area (Å²) < 4.78 is 41.6. The van der Waals surface area contributed by atoms with Gasteiger partial charge < -0.3 is 9.42 Å². The molecule has 0 radical (unpaired) electrons. The van der Waals surface area contributed by atoms with Gasteiger partial charge in [0.1, 0.15) is 0 Å². The minimum absolute atomic E-state index is 0.0941. The van der Waals surface area contributed by atoms with Crippen LogP contribution in [0, 0.1) is 6.92 Å². The van der Waals surface area contributed by atoms with Crippen LogP contribution in [0.2, 0.25) is 0 Å². The largest absolute Gasteiger partial charge is 0.471 e. The maximum atomic E-state index is 12.5. The average Bonchev–Trinajstić information content (AvgIpc) is 2.98. The Morgan fingerprint density at radius 1 is 1.25 bits per heavy atom. The number of likely N-dealkylation sites (N-methyl/N-ethyl adjacent to an activating group) is 1. The second-order valence-corrected chi connectivity index (χ2v) is 5.36. The van der Waals surface area contributed by atoms with Gasteiger partial charge in [-0.15, -0.1) is 0 Å². The van der Waals surface area contributed by atoms with E-state index < -0.39 is 23.8 Å². The Bertz CT molecular complexity index is 782. The fraction of sp³-hybridized carbons (Fsp3) is 0.333. The van der Waals surface area contributed by atoms with E-state index in [0.717, 1.165) is 0 Å². The Balaban J connectivity index is 2.22. The highest BCUT2D eigenvalue weighted by Gasteiger charge is 2.38. The van der Waals surface area contributed by atoms with Crippen LogP contribution in [-0.2, 0) is 22.2 Å². The normalized spacial score (nSPS) is 11.4. The van der Waals surface area contributed by atoms with E-state index >= 15 is 0 Å². The van der Waals surface area contributed by atoms with Crippen molar-refractivity contribution >= 4 is 11.7 Å². The Hall–Kier alpha value is -2.71. The van der Waals surface area contributed by atoms with Gasteiger partial charge >= 0.3 is 12.1 Å². The molecule has 1 aromatic carbocycles. The molecule has 1 amide bonds. The van der Waals surface area contributed by atoms with E-state index in [-0.39, 0.29) is 12.2 Å². The molecule has 0 aliphatic carbocycles. The molecule has 0 saturated heterocycles. The smallest absolute Gasteiger partial charge is 0.342 e. The molecule has 0 saturated carbocycles. The van der Waals surface area contributed by atoms with E-state index in [4.69, 9.17) is 0 Å². The molecule has 2 aromatic rings.